The van der Waals surface area contributed by atoms with E-state index >= 15 is 4.39 Å². The minimum Gasteiger partial charge on any atom is -0.383 e. The van der Waals surface area contributed by atoms with E-state index in [-0.39, 0.29) is 16.7 Å². The van der Waals surface area contributed by atoms with Gasteiger partial charge in [-0.2, -0.15) is 19.3 Å². The van der Waals surface area contributed by atoms with Crippen LogP contribution in [0.2, 0.25) is 0 Å². The molecular weight excluding hydrogens is 536 g/mol. The lowest BCUT2D eigenvalue weighted by molar-refractivity contribution is 0.108. The van der Waals surface area contributed by atoms with Crippen molar-refractivity contribution in [1.29, 1.82) is 10.5 Å². The zero-order valence-corrected chi connectivity index (χ0v) is 24.1. The average molecular weight is 570 g/mol. The molecule has 3 aliphatic rings. The van der Waals surface area contributed by atoms with Crippen molar-refractivity contribution in [2.75, 3.05) is 17.2 Å². The zero-order valence-electron chi connectivity index (χ0n) is 24.1. The van der Waals surface area contributed by atoms with E-state index in [4.69, 9.17) is 0 Å². The number of halogens is 2. The first-order chi connectivity index (χ1) is 20.0. The molecule has 0 radical (unpaired) electrons. The maximum Gasteiger partial charge on any atom is 0.228 e. The highest BCUT2D eigenvalue weighted by atomic mass is 19.1. The maximum atomic E-state index is 16.2. The van der Waals surface area contributed by atoms with Crippen molar-refractivity contribution in [2.24, 2.45) is 11.3 Å². The number of benzene rings is 1. The highest BCUT2D eigenvalue weighted by molar-refractivity contribution is 5.99. The number of pyridine rings is 2. The number of anilines is 2. The van der Waals surface area contributed by atoms with Gasteiger partial charge in [0, 0.05) is 35.1 Å². The van der Waals surface area contributed by atoms with Crippen molar-refractivity contribution in [3.63, 3.8) is 0 Å². The second-order valence-corrected chi connectivity index (χ2v) is 12.6. The molecule has 0 bridgehead atoms. The Labute approximate surface area is 243 Å². The number of aromatic nitrogens is 2. The first-order valence-corrected chi connectivity index (χ1v) is 14.2. The van der Waals surface area contributed by atoms with Gasteiger partial charge >= 0.3 is 0 Å². The van der Waals surface area contributed by atoms with E-state index in [2.05, 4.69) is 64.5 Å². The van der Waals surface area contributed by atoms with Gasteiger partial charge in [0.1, 0.15) is 17.8 Å². The largest absolute Gasteiger partial charge is 0.383 e. The van der Waals surface area contributed by atoms with Crippen molar-refractivity contribution < 1.29 is 8.78 Å². The third-order valence-corrected chi connectivity index (χ3v) is 8.28. The topological polar surface area (TPSA) is 125 Å². The van der Waals surface area contributed by atoms with Gasteiger partial charge in [0.25, 0.3) is 0 Å². The van der Waals surface area contributed by atoms with E-state index in [9.17, 15) is 14.9 Å². The molecule has 0 amide bonds. The maximum absolute atomic E-state index is 16.2. The van der Waals surface area contributed by atoms with Gasteiger partial charge in [-0.1, -0.05) is 26.8 Å². The Morgan fingerprint density at radius 3 is 2.50 bits per heavy atom. The number of fused-ring (bicyclic) bond motifs is 1. The van der Waals surface area contributed by atoms with Crippen LogP contribution in [0.5, 0.6) is 0 Å². The van der Waals surface area contributed by atoms with E-state index in [0.717, 1.165) is 25.7 Å². The SMILES string of the molecule is Cc1nc(F)ccc1[C@H](Nc1cc(C#N)c2ncc(C#N)c(NCC(C)(C)C)c2c1)C1=C(F)N(C2(C3CC3)CC2)NN1. The van der Waals surface area contributed by atoms with Crippen LogP contribution < -0.4 is 21.6 Å². The lowest BCUT2D eigenvalue weighted by Crippen LogP contribution is -2.47. The molecule has 1 aromatic carbocycles. The van der Waals surface area contributed by atoms with Gasteiger partial charge in [0.2, 0.25) is 11.9 Å². The molecule has 2 aliphatic carbocycles. The third-order valence-electron chi connectivity index (χ3n) is 8.28. The van der Waals surface area contributed by atoms with Gasteiger partial charge < -0.3 is 16.1 Å². The Hall–Kier alpha value is -4.48. The van der Waals surface area contributed by atoms with Crippen LogP contribution in [0.1, 0.15) is 74.9 Å². The number of nitriles is 2. The lowest BCUT2D eigenvalue weighted by atomic mass is 9.96. The molecule has 42 heavy (non-hydrogen) atoms. The molecule has 6 rings (SSSR count). The van der Waals surface area contributed by atoms with Gasteiger partial charge in [-0.15, -0.1) is 5.53 Å². The van der Waals surface area contributed by atoms with Gasteiger partial charge in [-0.05, 0) is 62.1 Å². The molecule has 216 valence electrons. The molecule has 0 spiro atoms. The highest BCUT2D eigenvalue weighted by Gasteiger charge is 2.60. The second kappa shape index (κ2) is 10.1. The van der Waals surface area contributed by atoms with Crippen LogP contribution >= 0.6 is 0 Å². The first-order valence-electron chi connectivity index (χ1n) is 14.2. The quantitative estimate of drug-likeness (QED) is 0.196. The molecule has 2 aromatic heterocycles. The van der Waals surface area contributed by atoms with Crippen molar-refractivity contribution in [3.8, 4) is 12.1 Å². The second-order valence-electron chi connectivity index (χ2n) is 12.6. The van der Waals surface area contributed by atoms with Crippen molar-refractivity contribution in [1.82, 2.24) is 25.9 Å². The zero-order chi connectivity index (χ0) is 29.8. The minimum atomic E-state index is -0.798. The highest BCUT2D eigenvalue weighted by Crippen LogP contribution is 2.58. The van der Waals surface area contributed by atoms with Crippen LogP contribution in [0.25, 0.3) is 10.9 Å². The molecule has 0 saturated heterocycles. The molecule has 3 aromatic rings. The number of nitrogens with zero attached hydrogens (tertiary/aromatic N) is 5. The van der Waals surface area contributed by atoms with Gasteiger partial charge in [0.15, 0.2) is 0 Å². The van der Waals surface area contributed by atoms with E-state index in [1.54, 1.807) is 30.1 Å². The molecular formula is C31H33F2N9. The molecule has 0 unspecified atom stereocenters. The molecule has 3 heterocycles. The third kappa shape index (κ3) is 4.94. The number of hydrogen-bond acceptors (Lipinski definition) is 9. The summed E-state index contributed by atoms with van der Waals surface area (Å²) in [6, 6.07) is 9.91. The van der Waals surface area contributed by atoms with Gasteiger partial charge in [-0.3, -0.25) is 9.99 Å². The summed E-state index contributed by atoms with van der Waals surface area (Å²) in [5, 5.41) is 28.9. The molecule has 2 fully saturated rings. The predicted octanol–water partition coefficient (Wildman–Crippen LogP) is 5.84. The Bertz CT molecular complexity index is 1690. The molecule has 1 aliphatic heterocycles. The summed E-state index contributed by atoms with van der Waals surface area (Å²) in [4.78, 5) is 8.42. The number of nitrogens with one attached hydrogen (secondary N) is 4. The fourth-order valence-corrected chi connectivity index (χ4v) is 5.82. The van der Waals surface area contributed by atoms with Crippen LogP contribution in [0.4, 0.5) is 20.2 Å². The lowest BCUT2D eigenvalue weighted by Gasteiger charge is -2.27. The summed E-state index contributed by atoms with van der Waals surface area (Å²) < 4.78 is 30.3. The molecule has 9 nitrogen and oxygen atoms in total. The summed E-state index contributed by atoms with van der Waals surface area (Å²) in [6.07, 6.45) is 5.46. The first kappa shape index (κ1) is 27.7. The van der Waals surface area contributed by atoms with Crippen LogP contribution in [0.15, 0.2) is 42.1 Å². The number of hydrogen-bond donors (Lipinski definition) is 4. The fourth-order valence-electron chi connectivity index (χ4n) is 5.82. The van der Waals surface area contributed by atoms with E-state index in [0.29, 0.717) is 57.1 Å². The monoisotopic (exact) mass is 569 g/mol. The molecule has 1 atom stereocenters. The van der Waals surface area contributed by atoms with E-state index in [1.165, 1.54) is 12.3 Å². The van der Waals surface area contributed by atoms with E-state index in [1.807, 2.05) is 0 Å². The van der Waals surface area contributed by atoms with Crippen molar-refractivity contribution in [2.45, 2.75) is 65.0 Å². The molecule has 2 saturated carbocycles. The summed E-state index contributed by atoms with van der Waals surface area (Å²) >= 11 is 0. The molecule has 4 N–H and O–H groups in total. The normalized spacial score (nSPS) is 18.3. The molecule has 11 heteroatoms. The van der Waals surface area contributed by atoms with Crippen molar-refractivity contribution >= 4 is 22.3 Å². The standard InChI is InChI=1S/C31H33F2N9/c1-17-22(7-8-24(32)38-17)27(28-29(33)42(41-40-28)31(9-10-31)20-5-6-20)39-21-11-18(13-34)25-23(12-21)26(19(14-35)15-36-25)37-16-30(2,3)4/h7-8,11-12,15,20,27,39-41H,5-6,9-10,16H2,1-4H3,(H,36,37)/t27-/m0/s1. The summed E-state index contributed by atoms with van der Waals surface area (Å²) in [5.74, 6) is -0.601. The van der Waals surface area contributed by atoms with Crippen LogP contribution in [-0.4, -0.2) is 27.1 Å². The van der Waals surface area contributed by atoms with E-state index < -0.39 is 17.9 Å². The van der Waals surface area contributed by atoms with Gasteiger partial charge in [0.05, 0.1) is 33.9 Å². The van der Waals surface area contributed by atoms with Crippen LogP contribution in [0.3, 0.4) is 0 Å². The Morgan fingerprint density at radius 2 is 1.88 bits per heavy atom. The average Bonchev–Trinajstić information content (AvgIpc) is 3.87. The predicted molar refractivity (Wildman–Crippen MR) is 155 cm³/mol. The Kier molecular flexibility index (Phi) is 6.66. The Morgan fingerprint density at radius 1 is 1.14 bits per heavy atom. The number of aryl methyl sites for hydroxylation is 1. The summed E-state index contributed by atoms with van der Waals surface area (Å²) in [5.41, 5.74) is 9.17. The van der Waals surface area contributed by atoms with Crippen molar-refractivity contribution in [3.05, 3.63) is 70.4 Å². The fraction of sp³-hybridized carbons (Fsp3) is 0.419. The van der Waals surface area contributed by atoms with Crippen LogP contribution in [0, 0.1) is 46.9 Å². The summed E-state index contributed by atoms with van der Waals surface area (Å²) in [6.45, 7) is 8.49. The minimum absolute atomic E-state index is 0.0785. The Balaban J connectivity index is 1.46. The smallest absolute Gasteiger partial charge is 0.228 e. The van der Waals surface area contributed by atoms with Gasteiger partial charge in [-0.25, -0.2) is 4.98 Å². The number of rotatable bonds is 8. The van der Waals surface area contributed by atoms with Crippen LogP contribution in [-0.2, 0) is 0 Å². The summed E-state index contributed by atoms with van der Waals surface area (Å²) in [7, 11) is 0. The number of hydrazine groups is 2.